The number of hydrogen-bond donors (Lipinski definition) is 1. The van der Waals surface area contributed by atoms with Gasteiger partial charge in [-0.2, -0.15) is 0 Å². The molecule has 3 atom stereocenters. The molecule has 3 heteroatoms. The Balaban J connectivity index is 2.35. The molecule has 2 rings (SSSR count). The summed E-state index contributed by atoms with van der Waals surface area (Å²) in [6.45, 7) is 3.25. The average molecular weight is 386 g/mol. The quantitative estimate of drug-likeness (QED) is 0.695. The Labute approximate surface area is 173 Å². The van der Waals surface area contributed by atoms with Gasteiger partial charge in [-0.25, -0.2) is 0 Å². The smallest absolute Gasteiger partial charge is 0.306 e. The van der Waals surface area contributed by atoms with Crippen LogP contribution >= 0.6 is 0 Å². The lowest BCUT2D eigenvalue weighted by atomic mass is 9.82. The Morgan fingerprint density at radius 3 is 1.79 bits per heavy atom. The largest absolute Gasteiger partial charge is 0.481 e. The minimum atomic E-state index is -0.849. The van der Waals surface area contributed by atoms with Crippen molar-refractivity contribution >= 4 is 11.8 Å². The molecule has 0 radical (unpaired) electrons. The molecule has 0 saturated heterocycles. The van der Waals surface area contributed by atoms with Crippen molar-refractivity contribution < 1.29 is 14.7 Å². The normalized spacial score (nSPS) is 13.0. The Hall–Kier alpha value is -3.30. The van der Waals surface area contributed by atoms with Gasteiger partial charge in [0.1, 0.15) is 5.78 Å². The van der Waals surface area contributed by atoms with Crippen LogP contribution in [0.2, 0.25) is 0 Å². The molecule has 0 aliphatic heterocycles. The van der Waals surface area contributed by atoms with Crippen molar-refractivity contribution in [3.05, 3.63) is 71.8 Å². The molecule has 148 valence electrons. The third-order valence-corrected chi connectivity index (χ3v) is 4.67. The molecule has 1 N–H and O–H groups in total. The maximum absolute atomic E-state index is 11.6. The molecule has 0 fully saturated rings. The van der Waals surface area contributed by atoms with Gasteiger partial charge in [-0.1, -0.05) is 67.0 Å². The summed E-state index contributed by atoms with van der Waals surface area (Å²) in [5, 5.41) is 9.39. The zero-order valence-corrected chi connectivity index (χ0v) is 16.9. The van der Waals surface area contributed by atoms with Crippen molar-refractivity contribution in [2.24, 2.45) is 17.8 Å². The number of hydrogen-bond acceptors (Lipinski definition) is 2. The topological polar surface area (TPSA) is 54.4 Å². The van der Waals surface area contributed by atoms with Crippen molar-refractivity contribution in [1.29, 1.82) is 0 Å². The summed E-state index contributed by atoms with van der Waals surface area (Å²) in [5.74, 6) is 11.1. The van der Waals surface area contributed by atoms with Crippen LogP contribution in [-0.2, 0) is 9.59 Å². The SMILES string of the molecule is CC(=O)CCC(C#Cc1ccccc1)C(C#Cc1ccccc1)CC(C)C(=O)O. The fourth-order valence-electron chi connectivity index (χ4n) is 2.93. The number of ketones is 1. The second-order valence-electron chi connectivity index (χ2n) is 7.20. The number of aliphatic carboxylic acids is 1. The van der Waals surface area contributed by atoms with Crippen molar-refractivity contribution in [3.8, 4) is 23.7 Å². The number of Topliss-reactive ketones (excluding diaryl/α,β-unsaturated/α-hetero) is 1. The van der Waals surface area contributed by atoms with Crippen LogP contribution in [-0.4, -0.2) is 16.9 Å². The average Bonchev–Trinajstić information content (AvgIpc) is 2.72. The molecule has 0 amide bonds. The molecule has 29 heavy (non-hydrogen) atoms. The van der Waals surface area contributed by atoms with Gasteiger partial charge >= 0.3 is 5.97 Å². The molecule has 0 saturated carbocycles. The van der Waals surface area contributed by atoms with Gasteiger partial charge in [-0.05, 0) is 44.0 Å². The number of benzene rings is 2. The predicted octanol–water partition coefficient (Wildman–Crippen LogP) is 4.80. The van der Waals surface area contributed by atoms with E-state index in [1.165, 1.54) is 0 Å². The highest BCUT2D eigenvalue weighted by molar-refractivity contribution is 5.75. The summed E-state index contributed by atoms with van der Waals surface area (Å²) < 4.78 is 0. The summed E-state index contributed by atoms with van der Waals surface area (Å²) in [4.78, 5) is 23.0. The van der Waals surface area contributed by atoms with Crippen molar-refractivity contribution in [3.63, 3.8) is 0 Å². The predicted molar refractivity (Wildman–Crippen MR) is 115 cm³/mol. The van der Waals surface area contributed by atoms with Gasteiger partial charge in [0.05, 0.1) is 5.92 Å². The lowest BCUT2D eigenvalue weighted by Crippen LogP contribution is -2.20. The summed E-state index contributed by atoms with van der Waals surface area (Å²) in [6.07, 6.45) is 1.36. The Morgan fingerprint density at radius 2 is 1.34 bits per heavy atom. The molecule has 2 aromatic carbocycles. The van der Waals surface area contributed by atoms with E-state index in [1.54, 1.807) is 13.8 Å². The summed E-state index contributed by atoms with van der Waals surface area (Å²) >= 11 is 0. The van der Waals surface area contributed by atoms with Gasteiger partial charge in [0, 0.05) is 29.4 Å². The molecule has 0 aliphatic rings. The molecule has 3 nitrogen and oxygen atoms in total. The van der Waals surface area contributed by atoms with Crippen LogP contribution in [0.3, 0.4) is 0 Å². The third-order valence-electron chi connectivity index (χ3n) is 4.67. The first-order valence-corrected chi connectivity index (χ1v) is 9.81. The van der Waals surface area contributed by atoms with Crippen LogP contribution < -0.4 is 0 Å². The first-order chi connectivity index (χ1) is 14.0. The van der Waals surface area contributed by atoms with Gasteiger partial charge < -0.3 is 9.90 Å². The zero-order chi connectivity index (χ0) is 21.1. The minimum absolute atomic E-state index is 0.0950. The van der Waals surface area contributed by atoms with E-state index >= 15 is 0 Å². The van der Waals surface area contributed by atoms with Crippen molar-refractivity contribution in [2.75, 3.05) is 0 Å². The van der Waals surface area contributed by atoms with E-state index < -0.39 is 11.9 Å². The van der Waals surface area contributed by atoms with Crippen LogP contribution in [0.5, 0.6) is 0 Å². The number of carboxylic acid groups (broad SMARTS) is 1. The monoisotopic (exact) mass is 386 g/mol. The Kier molecular flexibility index (Phi) is 8.74. The highest BCUT2D eigenvalue weighted by Gasteiger charge is 2.24. The summed E-state index contributed by atoms with van der Waals surface area (Å²) in [5.41, 5.74) is 1.77. The van der Waals surface area contributed by atoms with Crippen LogP contribution in [0.4, 0.5) is 0 Å². The molecule has 0 bridgehead atoms. The molecule has 0 aromatic heterocycles. The lowest BCUT2D eigenvalue weighted by Gasteiger charge is -2.20. The molecule has 0 heterocycles. The molecule has 2 aromatic rings. The standard InChI is InChI=1S/C26H26O3/c1-20(26(28)29)19-25(18-15-23-11-7-4-8-12-23)24(16-13-21(2)27)17-14-22-9-5-3-6-10-22/h3-12,20,24-25H,13,16,19H2,1-2H3,(H,28,29). The van der Waals surface area contributed by atoms with Crippen LogP contribution in [0.25, 0.3) is 0 Å². The van der Waals surface area contributed by atoms with Crippen LogP contribution in [0.15, 0.2) is 60.7 Å². The van der Waals surface area contributed by atoms with Gasteiger partial charge in [0.2, 0.25) is 0 Å². The third kappa shape index (κ3) is 8.08. The number of carboxylic acids is 1. The Morgan fingerprint density at radius 1 is 0.862 bits per heavy atom. The Bertz CT molecular complexity index is 924. The van der Waals surface area contributed by atoms with E-state index in [2.05, 4.69) is 23.7 Å². The van der Waals surface area contributed by atoms with Gasteiger partial charge in [-0.15, -0.1) is 0 Å². The molecule has 0 aliphatic carbocycles. The molecule has 3 unspecified atom stereocenters. The first kappa shape index (κ1) is 22.0. The second-order valence-corrected chi connectivity index (χ2v) is 7.20. The number of rotatable bonds is 7. The first-order valence-electron chi connectivity index (χ1n) is 9.81. The van der Waals surface area contributed by atoms with E-state index in [4.69, 9.17) is 0 Å². The van der Waals surface area contributed by atoms with Gasteiger partial charge in [0.15, 0.2) is 0 Å². The van der Waals surface area contributed by atoms with E-state index in [0.717, 1.165) is 11.1 Å². The fraction of sp³-hybridized carbons (Fsp3) is 0.308. The van der Waals surface area contributed by atoms with E-state index in [0.29, 0.717) is 19.3 Å². The molecular weight excluding hydrogens is 360 g/mol. The maximum atomic E-state index is 11.6. The van der Waals surface area contributed by atoms with Crippen LogP contribution in [0, 0.1) is 41.4 Å². The highest BCUT2D eigenvalue weighted by Crippen LogP contribution is 2.25. The minimum Gasteiger partial charge on any atom is -0.481 e. The summed E-state index contributed by atoms with van der Waals surface area (Å²) in [6, 6.07) is 19.2. The van der Waals surface area contributed by atoms with Crippen molar-refractivity contribution in [1.82, 2.24) is 0 Å². The molecular formula is C26H26O3. The van der Waals surface area contributed by atoms with Crippen LogP contribution in [0.1, 0.15) is 44.2 Å². The van der Waals surface area contributed by atoms with Crippen molar-refractivity contribution in [2.45, 2.75) is 33.1 Å². The van der Waals surface area contributed by atoms with E-state index in [-0.39, 0.29) is 17.6 Å². The lowest BCUT2D eigenvalue weighted by molar-refractivity contribution is -0.141. The fourth-order valence-corrected chi connectivity index (χ4v) is 2.93. The van der Waals surface area contributed by atoms with E-state index in [1.807, 2.05) is 60.7 Å². The highest BCUT2D eigenvalue weighted by atomic mass is 16.4. The maximum Gasteiger partial charge on any atom is 0.306 e. The number of carbonyl (C=O) groups excluding carboxylic acids is 1. The molecule has 0 spiro atoms. The van der Waals surface area contributed by atoms with Gasteiger partial charge in [0.25, 0.3) is 0 Å². The van der Waals surface area contributed by atoms with E-state index in [9.17, 15) is 14.7 Å². The van der Waals surface area contributed by atoms with Gasteiger partial charge in [-0.3, -0.25) is 4.79 Å². The number of carbonyl (C=O) groups is 2. The second kappa shape index (κ2) is 11.5. The summed E-state index contributed by atoms with van der Waals surface area (Å²) in [7, 11) is 0. The zero-order valence-electron chi connectivity index (χ0n) is 16.9.